The lowest BCUT2D eigenvalue weighted by Crippen LogP contribution is -2.06. The quantitative estimate of drug-likeness (QED) is 0.701. The van der Waals surface area contributed by atoms with Gasteiger partial charge in [-0.1, -0.05) is 6.07 Å². The van der Waals surface area contributed by atoms with Crippen LogP contribution in [0.1, 0.15) is 22.9 Å². The molecule has 0 atom stereocenters. The van der Waals surface area contributed by atoms with E-state index in [1.54, 1.807) is 6.92 Å². The van der Waals surface area contributed by atoms with Gasteiger partial charge < -0.3 is 0 Å². The van der Waals surface area contributed by atoms with Crippen LogP contribution in [0.5, 0.6) is 0 Å². The van der Waals surface area contributed by atoms with Crippen LogP contribution in [-0.2, 0) is 6.18 Å². The zero-order chi connectivity index (χ0) is 11.8. The first kappa shape index (κ1) is 10.7. The molecule has 4 nitrogen and oxygen atoms in total. The molecule has 0 unspecified atom stereocenters. The smallest absolute Gasteiger partial charge is 0.166 e. The first-order valence-electron chi connectivity index (χ1n) is 4.46. The van der Waals surface area contributed by atoms with E-state index in [0.29, 0.717) is 11.1 Å². The molecule has 16 heavy (non-hydrogen) atoms. The minimum Gasteiger partial charge on any atom is -0.166 e. The minimum absolute atomic E-state index is 0.472. The van der Waals surface area contributed by atoms with Gasteiger partial charge in [0.25, 0.3) is 0 Å². The van der Waals surface area contributed by atoms with E-state index in [1.165, 1.54) is 6.07 Å². The fraction of sp³-hybridized carbons (Fsp3) is 0.333. The molecule has 1 aromatic carbocycles. The topological polar surface area (TPSA) is 49.4 Å². The van der Waals surface area contributed by atoms with Gasteiger partial charge in [0.1, 0.15) is 0 Å². The summed E-state index contributed by atoms with van der Waals surface area (Å²) in [6.07, 6.45) is -4.94. The third-order valence-electron chi connectivity index (χ3n) is 2.24. The molecule has 1 aromatic rings. The highest BCUT2D eigenvalue weighted by Gasteiger charge is 2.31. The molecule has 1 aliphatic rings. The van der Waals surface area contributed by atoms with E-state index in [4.69, 9.17) is 0 Å². The maximum Gasteiger partial charge on any atom is 0.416 e. The summed E-state index contributed by atoms with van der Waals surface area (Å²) in [4.78, 5) is 0. The van der Waals surface area contributed by atoms with Gasteiger partial charge in [-0.2, -0.15) is 13.2 Å². The van der Waals surface area contributed by atoms with E-state index >= 15 is 0 Å². The Labute approximate surface area is 88.9 Å². The van der Waals surface area contributed by atoms with E-state index < -0.39 is 17.9 Å². The standard InChI is InChI=1S/C9H7F3N4/c1-5-4-6(9(10,11)12)2-3-7(5)8-13-15-16-14-8/h2-4,8H,1H3. The van der Waals surface area contributed by atoms with Crippen molar-refractivity contribution in [2.24, 2.45) is 20.7 Å². The summed E-state index contributed by atoms with van der Waals surface area (Å²) < 4.78 is 37.2. The Morgan fingerprint density at radius 3 is 2.25 bits per heavy atom. The Bertz CT molecular complexity index is 452. The first-order chi connectivity index (χ1) is 7.48. The number of hydrogen-bond donors (Lipinski definition) is 0. The molecule has 0 bridgehead atoms. The molecule has 0 amide bonds. The SMILES string of the molecule is Cc1cc(C(F)(F)F)ccc1C1N=NN=N1. The number of alkyl halides is 3. The third-order valence-corrected chi connectivity index (χ3v) is 2.24. The molecule has 84 valence electrons. The van der Waals surface area contributed by atoms with Gasteiger partial charge in [0, 0.05) is 5.56 Å². The predicted octanol–water partition coefficient (Wildman–Crippen LogP) is 3.85. The molecule has 0 saturated heterocycles. The molecule has 0 aliphatic carbocycles. The second-order valence-corrected chi connectivity index (χ2v) is 3.35. The van der Waals surface area contributed by atoms with Crippen LogP contribution >= 0.6 is 0 Å². The van der Waals surface area contributed by atoms with Crippen LogP contribution in [0.3, 0.4) is 0 Å². The molecule has 0 fully saturated rings. The molecule has 1 heterocycles. The lowest BCUT2D eigenvalue weighted by Gasteiger charge is -2.11. The molecular weight excluding hydrogens is 221 g/mol. The molecule has 1 aliphatic heterocycles. The van der Waals surface area contributed by atoms with Gasteiger partial charge in [-0.25, -0.2) is 0 Å². The van der Waals surface area contributed by atoms with E-state index in [2.05, 4.69) is 20.7 Å². The number of benzene rings is 1. The molecular formula is C9H7F3N4. The van der Waals surface area contributed by atoms with Crippen molar-refractivity contribution >= 4 is 0 Å². The van der Waals surface area contributed by atoms with Crippen LogP contribution < -0.4 is 0 Å². The maximum absolute atomic E-state index is 12.4. The Morgan fingerprint density at radius 1 is 1.12 bits per heavy atom. The highest BCUT2D eigenvalue weighted by Crippen LogP contribution is 2.33. The van der Waals surface area contributed by atoms with Gasteiger partial charge in [-0.15, -0.1) is 10.2 Å². The van der Waals surface area contributed by atoms with Crippen molar-refractivity contribution in [1.82, 2.24) is 0 Å². The summed E-state index contributed by atoms with van der Waals surface area (Å²) in [6, 6.07) is 3.43. The second kappa shape index (κ2) is 3.66. The summed E-state index contributed by atoms with van der Waals surface area (Å²) in [7, 11) is 0. The van der Waals surface area contributed by atoms with Crippen LogP contribution in [0.2, 0.25) is 0 Å². The van der Waals surface area contributed by atoms with Crippen LogP contribution in [0.15, 0.2) is 38.9 Å². The van der Waals surface area contributed by atoms with Gasteiger partial charge >= 0.3 is 6.18 Å². The normalized spacial score (nSPS) is 16.0. The fourth-order valence-corrected chi connectivity index (χ4v) is 1.43. The average Bonchev–Trinajstić information content (AvgIpc) is 2.69. The van der Waals surface area contributed by atoms with Crippen LogP contribution in [-0.4, -0.2) is 0 Å². The van der Waals surface area contributed by atoms with Crippen LogP contribution in [0, 0.1) is 6.92 Å². The van der Waals surface area contributed by atoms with Crippen LogP contribution in [0.4, 0.5) is 13.2 Å². The van der Waals surface area contributed by atoms with Gasteiger partial charge in [-0.3, -0.25) is 0 Å². The Kier molecular flexibility index (Phi) is 2.45. The summed E-state index contributed by atoms with van der Waals surface area (Å²) in [5.41, 5.74) is 0.373. The highest BCUT2D eigenvalue weighted by atomic mass is 19.4. The van der Waals surface area contributed by atoms with E-state index in [0.717, 1.165) is 12.1 Å². The summed E-state index contributed by atoms with van der Waals surface area (Å²) in [6.45, 7) is 1.58. The zero-order valence-electron chi connectivity index (χ0n) is 8.23. The van der Waals surface area contributed by atoms with Crippen molar-refractivity contribution in [1.29, 1.82) is 0 Å². The van der Waals surface area contributed by atoms with Gasteiger partial charge in [0.2, 0.25) is 6.17 Å². The largest absolute Gasteiger partial charge is 0.416 e. The lowest BCUT2D eigenvalue weighted by atomic mass is 10.0. The molecule has 0 N–H and O–H groups in total. The summed E-state index contributed by atoms with van der Waals surface area (Å²) in [5, 5.41) is 14.0. The maximum atomic E-state index is 12.4. The summed E-state index contributed by atoms with van der Waals surface area (Å²) in [5.74, 6) is 0. The number of aryl methyl sites for hydroxylation is 1. The number of halogens is 3. The fourth-order valence-electron chi connectivity index (χ4n) is 1.43. The number of nitrogens with zero attached hydrogens (tertiary/aromatic N) is 4. The predicted molar refractivity (Wildman–Crippen MR) is 48.6 cm³/mol. The van der Waals surface area contributed by atoms with E-state index in [9.17, 15) is 13.2 Å². The number of rotatable bonds is 1. The van der Waals surface area contributed by atoms with Crippen molar-refractivity contribution in [2.45, 2.75) is 19.3 Å². The minimum atomic E-state index is -4.33. The molecule has 0 saturated carbocycles. The highest BCUT2D eigenvalue weighted by molar-refractivity contribution is 5.34. The van der Waals surface area contributed by atoms with Gasteiger partial charge in [-0.05, 0) is 35.1 Å². The Hall–Kier alpha value is -1.79. The molecule has 0 spiro atoms. The van der Waals surface area contributed by atoms with Crippen molar-refractivity contribution in [3.8, 4) is 0 Å². The van der Waals surface area contributed by atoms with Crippen molar-refractivity contribution in [3.63, 3.8) is 0 Å². The van der Waals surface area contributed by atoms with Crippen molar-refractivity contribution in [3.05, 3.63) is 34.9 Å². The second-order valence-electron chi connectivity index (χ2n) is 3.35. The number of hydrogen-bond acceptors (Lipinski definition) is 4. The Morgan fingerprint density at radius 2 is 1.75 bits per heavy atom. The molecule has 0 aromatic heterocycles. The van der Waals surface area contributed by atoms with E-state index in [1.807, 2.05) is 0 Å². The van der Waals surface area contributed by atoms with E-state index in [-0.39, 0.29) is 0 Å². The van der Waals surface area contributed by atoms with Crippen molar-refractivity contribution < 1.29 is 13.2 Å². The first-order valence-corrected chi connectivity index (χ1v) is 4.46. The molecule has 7 heteroatoms. The zero-order valence-corrected chi connectivity index (χ0v) is 8.23. The lowest BCUT2D eigenvalue weighted by molar-refractivity contribution is -0.137. The monoisotopic (exact) mass is 228 g/mol. The summed E-state index contributed by atoms with van der Waals surface area (Å²) >= 11 is 0. The van der Waals surface area contributed by atoms with Crippen molar-refractivity contribution in [2.75, 3.05) is 0 Å². The average molecular weight is 228 g/mol. The molecule has 0 radical (unpaired) electrons. The Balaban J connectivity index is 2.37. The third kappa shape index (κ3) is 1.93. The van der Waals surface area contributed by atoms with Gasteiger partial charge in [0.05, 0.1) is 5.56 Å². The van der Waals surface area contributed by atoms with Crippen LogP contribution in [0.25, 0.3) is 0 Å². The molecule has 2 rings (SSSR count). The van der Waals surface area contributed by atoms with Gasteiger partial charge in [0.15, 0.2) is 0 Å².